The van der Waals surface area contributed by atoms with Crippen molar-refractivity contribution in [2.45, 2.75) is 19.3 Å². The molecule has 1 aromatic carbocycles. The lowest BCUT2D eigenvalue weighted by atomic mass is 9.93. The predicted octanol–water partition coefficient (Wildman–Crippen LogP) is 2.92. The summed E-state index contributed by atoms with van der Waals surface area (Å²) in [5.74, 6) is 1.54. The molecular weight excluding hydrogens is 332 g/mol. The van der Waals surface area contributed by atoms with Gasteiger partial charge in [-0.1, -0.05) is 0 Å². The number of piperidine rings is 1. The van der Waals surface area contributed by atoms with E-state index in [4.69, 9.17) is 4.74 Å². The Morgan fingerprint density at radius 2 is 2.14 bits per heavy atom. The monoisotopic (exact) mass is 354 g/mol. The zero-order valence-electron chi connectivity index (χ0n) is 12.7. The molecule has 0 spiro atoms. The molecule has 1 aromatic rings. The zero-order chi connectivity index (χ0) is 15.2. The van der Waals surface area contributed by atoms with Crippen molar-refractivity contribution in [1.82, 2.24) is 10.2 Å². The van der Waals surface area contributed by atoms with E-state index in [-0.39, 0.29) is 5.91 Å². The summed E-state index contributed by atoms with van der Waals surface area (Å²) in [4.78, 5) is 14.6. The second-order valence-electron chi connectivity index (χ2n) is 5.47. The van der Waals surface area contributed by atoms with Crippen LogP contribution in [0.3, 0.4) is 0 Å². The second-order valence-corrected chi connectivity index (χ2v) is 6.33. The highest BCUT2D eigenvalue weighted by atomic mass is 79.9. The number of hydrogen-bond donors (Lipinski definition) is 1. The quantitative estimate of drug-likeness (QED) is 0.883. The van der Waals surface area contributed by atoms with Gasteiger partial charge in [-0.25, -0.2) is 0 Å². The minimum atomic E-state index is 0.0906. The van der Waals surface area contributed by atoms with Gasteiger partial charge in [0.05, 0.1) is 12.7 Å². The average Bonchev–Trinajstić information content (AvgIpc) is 2.53. The van der Waals surface area contributed by atoms with Crippen LogP contribution >= 0.6 is 15.9 Å². The van der Waals surface area contributed by atoms with Crippen molar-refractivity contribution in [2.24, 2.45) is 5.92 Å². The molecule has 0 aliphatic carbocycles. The van der Waals surface area contributed by atoms with Crippen LogP contribution in [0.5, 0.6) is 5.75 Å². The summed E-state index contributed by atoms with van der Waals surface area (Å²) in [6, 6.07) is 5.52. The van der Waals surface area contributed by atoms with Crippen LogP contribution in [0, 0.1) is 5.92 Å². The van der Waals surface area contributed by atoms with E-state index in [1.807, 2.05) is 24.1 Å². The lowest BCUT2D eigenvalue weighted by Crippen LogP contribution is -2.39. The van der Waals surface area contributed by atoms with E-state index < -0.39 is 0 Å². The van der Waals surface area contributed by atoms with Gasteiger partial charge >= 0.3 is 0 Å². The van der Waals surface area contributed by atoms with Gasteiger partial charge in [0.1, 0.15) is 5.75 Å². The number of nitrogens with zero attached hydrogens (tertiary/aromatic N) is 1. The van der Waals surface area contributed by atoms with E-state index in [1.165, 1.54) is 6.42 Å². The number of likely N-dealkylation sites (tertiary alicyclic amines) is 1. The van der Waals surface area contributed by atoms with Gasteiger partial charge in [-0.3, -0.25) is 4.79 Å². The zero-order valence-corrected chi connectivity index (χ0v) is 14.3. The molecule has 0 aromatic heterocycles. The van der Waals surface area contributed by atoms with Gasteiger partial charge in [0.15, 0.2) is 0 Å². The highest BCUT2D eigenvalue weighted by molar-refractivity contribution is 9.10. The first-order valence-electron chi connectivity index (χ1n) is 7.43. The van der Waals surface area contributed by atoms with Crippen LogP contribution in [0.4, 0.5) is 0 Å². The van der Waals surface area contributed by atoms with E-state index >= 15 is 0 Å². The maximum absolute atomic E-state index is 12.6. The Morgan fingerprint density at radius 3 is 2.76 bits per heavy atom. The summed E-state index contributed by atoms with van der Waals surface area (Å²) in [7, 11) is 3.60. The highest BCUT2D eigenvalue weighted by Gasteiger charge is 2.24. The van der Waals surface area contributed by atoms with E-state index in [1.54, 1.807) is 13.2 Å². The van der Waals surface area contributed by atoms with Crippen LogP contribution < -0.4 is 10.1 Å². The molecule has 2 rings (SSSR count). The molecule has 0 atom stereocenters. The largest absolute Gasteiger partial charge is 0.497 e. The summed E-state index contributed by atoms with van der Waals surface area (Å²) in [5.41, 5.74) is 0.683. The number of carbonyl (C=O) groups excluding carboxylic acids is 1. The van der Waals surface area contributed by atoms with E-state index in [9.17, 15) is 4.79 Å². The van der Waals surface area contributed by atoms with Gasteiger partial charge in [-0.05, 0) is 72.9 Å². The topological polar surface area (TPSA) is 41.6 Å². The van der Waals surface area contributed by atoms with Crippen LogP contribution in [-0.4, -0.2) is 44.6 Å². The molecule has 116 valence electrons. The molecule has 1 saturated heterocycles. The maximum atomic E-state index is 12.6. The Kier molecular flexibility index (Phi) is 6.06. The summed E-state index contributed by atoms with van der Waals surface area (Å²) < 4.78 is 6.03. The fraction of sp³-hybridized carbons (Fsp3) is 0.562. The molecule has 1 N–H and O–H groups in total. The van der Waals surface area contributed by atoms with Crippen molar-refractivity contribution < 1.29 is 9.53 Å². The van der Waals surface area contributed by atoms with Crippen molar-refractivity contribution in [3.63, 3.8) is 0 Å². The molecule has 1 aliphatic heterocycles. The maximum Gasteiger partial charge on any atom is 0.255 e. The SMILES string of the molecule is CNCCC1CCN(C(=O)c2cc(OC)ccc2Br)CC1. The molecule has 5 heteroatoms. The van der Waals surface area contributed by atoms with Gasteiger partial charge in [0, 0.05) is 17.6 Å². The number of ether oxygens (including phenoxy) is 1. The summed E-state index contributed by atoms with van der Waals surface area (Å²) in [5, 5.41) is 3.19. The van der Waals surface area contributed by atoms with Crippen LogP contribution in [0.15, 0.2) is 22.7 Å². The molecule has 4 nitrogen and oxygen atoms in total. The minimum Gasteiger partial charge on any atom is -0.497 e. The van der Waals surface area contributed by atoms with Gasteiger partial charge in [0.25, 0.3) is 5.91 Å². The van der Waals surface area contributed by atoms with Gasteiger partial charge < -0.3 is 15.0 Å². The molecular formula is C16H23BrN2O2. The molecule has 1 fully saturated rings. The molecule has 0 bridgehead atoms. The fourth-order valence-electron chi connectivity index (χ4n) is 2.74. The van der Waals surface area contributed by atoms with Crippen molar-refractivity contribution in [3.8, 4) is 5.75 Å². The number of methoxy groups -OCH3 is 1. The Labute approximate surface area is 135 Å². The normalized spacial score (nSPS) is 16.0. The number of amides is 1. The first-order valence-corrected chi connectivity index (χ1v) is 8.22. The third-order valence-electron chi connectivity index (χ3n) is 4.11. The van der Waals surface area contributed by atoms with Crippen LogP contribution in [-0.2, 0) is 0 Å². The lowest BCUT2D eigenvalue weighted by molar-refractivity contribution is 0.0686. The van der Waals surface area contributed by atoms with Crippen LogP contribution in [0.2, 0.25) is 0 Å². The van der Waals surface area contributed by atoms with E-state index in [0.29, 0.717) is 11.3 Å². The Bertz CT molecular complexity index is 485. The number of halogens is 1. The van der Waals surface area contributed by atoms with Crippen molar-refractivity contribution >= 4 is 21.8 Å². The smallest absolute Gasteiger partial charge is 0.255 e. The Balaban J connectivity index is 1.98. The van der Waals surface area contributed by atoms with Crippen LogP contribution in [0.1, 0.15) is 29.6 Å². The minimum absolute atomic E-state index is 0.0906. The third kappa shape index (κ3) is 4.20. The fourth-order valence-corrected chi connectivity index (χ4v) is 3.16. The molecule has 1 heterocycles. The van der Waals surface area contributed by atoms with E-state index in [0.717, 1.165) is 42.9 Å². The average molecular weight is 355 g/mol. The van der Waals surface area contributed by atoms with Crippen molar-refractivity contribution in [2.75, 3.05) is 33.8 Å². The summed E-state index contributed by atoms with van der Waals surface area (Å²) in [6.07, 6.45) is 3.38. The Hall–Kier alpha value is -1.07. The van der Waals surface area contributed by atoms with Gasteiger partial charge in [0.2, 0.25) is 0 Å². The van der Waals surface area contributed by atoms with E-state index in [2.05, 4.69) is 21.2 Å². The second kappa shape index (κ2) is 7.80. The Morgan fingerprint density at radius 1 is 1.43 bits per heavy atom. The number of nitrogens with one attached hydrogen (secondary N) is 1. The van der Waals surface area contributed by atoms with Gasteiger partial charge in [-0.2, -0.15) is 0 Å². The first-order chi connectivity index (χ1) is 10.2. The molecule has 0 saturated carbocycles. The standard InChI is InChI=1S/C16H23BrN2O2/c1-18-8-5-12-6-9-19(10-7-12)16(20)14-11-13(21-2)3-4-15(14)17/h3-4,11-12,18H,5-10H2,1-2H3. The number of carbonyl (C=O) groups is 1. The molecule has 0 radical (unpaired) electrons. The molecule has 1 aliphatic rings. The molecule has 21 heavy (non-hydrogen) atoms. The number of rotatable bonds is 5. The number of hydrogen-bond acceptors (Lipinski definition) is 3. The van der Waals surface area contributed by atoms with Crippen molar-refractivity contribution in [3.05, 3.63) is 28.2 Å². The van der Waals surface area contributed by atoms with Gasteiger partial charge in [-0.15, -0.1) is 0 Å². The summed E-state index contributed by atoms with van der Waals surface area (Å²) >= 11 is 3.46. The third-order valence-corrected chi connectivity index (χ3v) is 4.80. The molecule has 1 amide bonds. The highest BCUT2D eigenvalue weighted by Crippen LogP contribution is 2.26. The predicted molar refractivity (Wildman–Crippen MR) is 87.9 cm³/mol. The summed E-state index contributed by atoms with van der Waals surface area (Å²) in [6.45, 7) is 2.74. The first kappa shape index (κ1) is 16.3. The number of benzene rings is 1. The molecule has 0 unspecified atom stereocenters. The lowest BCUT2D eigenvalue weighted by Gasteiger charge is -2.32. The van der Waals surface area contributed by atoms with Crippen LogP contribution in [0.25, 0.3) is 0 Å². The van der Waals surface area contributed by atoms with Crippen molar-refractivity contribution in [1.29, 1.82) is 0 Å².